The smallest absolute Gasteiger partial charge is 0.256 e. The van der Waals surface area contributed by atoms with E-state index in [2.05, 4.69) is 47.3 Å². The van der Waals surface area contributed by atoms with Gasteiger partial charge in [-0.25, -0.2) is 0 Å². The van der Waals surface area contributed by atoms with Crippen molar-refractivity contribution in [3.8, 4) is 0 Å². The van der Waals surface area contributed by atoms with Crippen LogP contribution in [0.1, 0.15) is 32.9 Å². The zero-order valence-electron chi connectivity index (χ0n) is 15.4. The Labute approximate surface area is 158 Å². The van der Waals surface area contributed by atoms with E-state index in [1.54, 1.807) is 11.3 Å². The Kier molecular flexibility index (Phi) is 4.83. The number of rotatable bonds is 3. The minimum Gasteiger partial charge on any atom is -0.358 e. The number of nitrogens with one attached hydrogen (secondary N) is 1. The van der Waals surface area contributed by atoms with Gasteiger partial charge in [0.25, 0.3) is 5.91 Å². The van der Waals surface area contributed by atoms with Gasteiger partial charge in [-0.05, 0) is 43.3 Å². The molecule has 136 valence electrons. The van der Waals surface area contributed by atoms with Crippen LogP contribution in [0.2, 0.25) is 0 Å². The lowest BCUT2D eigenvalue weighted by atomic mass is 10.1. The van der Waals surface area contributed by atoms with Gasteiger partial charge in [-0.1, -0.05) is 18.2 Å². The third-order valence-corrected chi connectivity index (χ3v) is 6.27. The summed E-state index contributed by atoms with van der Waals surface area (Å²) in [5.41, 5.74) is 4.14. The summed E-state index contributed by atoms with van der Waals surface area (Å²) >= 11 is 1.81. The number of aryl methyl sites for hydroxylation is 2. The average molecular weight is 368 g/mol. The van der Waals surface area contributed by atoms with Gasteiger partial charge in [0.1, 0.15) is 0 Å². The third kappa shape index (κ3) is 3.29. The first-order valence-electron chi connectivity index (χ1n) is 9.25. The predicted octanol–water partition coefficient (Wildman–Crippen LogP) is 4.19. The Bertz CT molecular complexity index is 913. The van der Waals surface area contributed by atoms with Crippen molar-refractivity contribution in [3.05, 3.63) is 57.4 Å². The monoisotopic (exact) mass is 367 g/mol. The Hall–Kier alpha value is -2.11. The number of hydrogen-bond acceptors (Lipinski definition) is 3. The maximum atomic E-state index is 13.2. The van der Waals surface area contributed by atoms with Gasteiger partial charge in [-0.3, -0.25) is 9.69 Å². The summed E-state index contributed by atoms with van der Waals surface area (Å²) < 4.78 is 0. The molecule has 0 atom stereocenters. The van der Waals surface area contributed by atoms with Crippen LogP contribution in [0.15, 0.2) is 35.7 Å². The molecule has 1 N–H and O–H groups in total. The molecule has 3 aromatic rings. The van der Waals surface area contributed by atoms with Crippen LogP contribution >= 0.6 is 11.3 Å². The first-order valence-corrected chi connectivity index (χ1v) is 10.1. The molecule has 0 radical (unpaired) electrons. The molecule has 1 aromatic carbocycles. The highest BCUT2D eigenvalue weighted by molar-refractivity contribution is 7.09. The number of H-pyrrole nitrogens is 1. The second kappa shape index (κ2) is 7.25. The van der Waals surface area contributed by atoms with Gasteiger partial charge in [0.2, 0.25) is 0 Å². The zero-order chi connectivity index (χ0) is 18.1. The van der Waals surface area contributed by atoms with E-state index >= 15 is 0 Å². The Balaban J connectivity index is 1.51. The van der Waals surface area contributed by atoms with Crippen LogP contribution in [0.4, 0.5) is 0 Å². The maximum Gasteiger partial charge on any atom is 0.256 e. The minimum atomic E-state index is 0.148. The molecule has 3 heterocycles. The van der Waals surface area contributed by atoms with Crippen molar-refractivity contribution < 1.29 is 4.79 Å². The third-order valence-electron chi connectivity index (χ3n) is 5.41. The van der Waals surface area contributed by atoms with Gasteiger partial charge in [-0.15, -0.1) is 11.3 Å². The highest BCUT2D eigenvalue weighted by atomic mass is 32.1. The molecule has 0 saturated carbocycles. The van der Waals surface area contributed by atoms with Crippen LogP contribution in [-0.4, -0.2) is 46.9 Å². The van der Waals surface area contributed by atoms with Crippen LogP contribution in [0.25, 0.3) is 10.9 Å². The van der Waals surface area contributed by atoms with Crippen molar-refractivity contribution >= 4 is 28.1 Å². The molecule has 2 aromatic heterocycles. The van der Waals surface area contributed by atoms with Crippen LogP contribution in [0.3, 0.4) is 0 Å². The van der Waals surface area contributed by atoms with Gasteiger partial charge in [-0.2, -0.15) is 0 Å². The Morgan fingerprint density at radius 1 is 1.12 bits per heavy atom. The molecule has 4 nitrogen and oxygen atoms in total. The fourth-order valence-electron chi connectivity index (χ4n) is 3.79. The summed E-state index contributed by atoms with van der Waals surface area (Å²) in [5, 5.41) is 3.28. The molecule has 1 aliphatic rings. The number of amides is 1. The molecule has 1 amide bonds. The van der Waals surface area contributed by atoms with E-state index in [1.165, 1.54) is 10.4 Å². The molecule has 5 heteroatoms. The van der Waals surface area contributed by atoms with E-state index in [4.69, 9.17) is 0 Å². The average Bonchev–Trinajstić information content (AvgIpc) is 3.17. The van der Waals surface area contributed by atoms with Crippen LogP contribution < -0.4 is 0 Å². The molecule has 1 saturated heterocycles. The SMILES string of the molecule is Cc1[nH]c2c(C(=O)N3CCCN(Cc4cccs4)CC3)cccc2c1C. The van der Waals surface area contributed by atoms with Gasteiger partial charge in [0.05, 0.1) is 11.1 Å². The minimum absolute atomic E-state index is 0.148. The largest absolute Gasteiger partial charge is 0.358 e. The quantitative estimate of drug-likeness (QED) is 0.754. The molecular formula is C21H25N3OS. The number of carbonyl (C=O) groups excluding carboxylic acids is 1. The fraction of sp³-hybridized carbons (Fsp3) is 0.381. The Morgan fingerprint density at radius 2 is 2.00 bits per heavy atom. The molecule has 0 bridgehead atoms. The standard InChI is InChI=1S/C21H25N3OS/c1-15-16(2)22-20-18(15)7-3-8-19(20)21(25)24-10-5-9-23(11-12-24)14-17-6-4-13-26-17/h3-4,6-8,13,22H,5,9-12,14H2,1-2H3. The van der Waals surface area contributed by atoms with E-state index in [-0.39, 0.29) is 5.91 Å². The number of benzene rings is 1. The molecule has 0 spiro atoms. The highest BCUT2D eigenvalue weighted by Crippen LogP contribution is 2.25. The summed E-state index contributed by atoms with van der Waals surface area (Å²) in [4.78, 5) is 22.5. The number of nitrogens with zero attached hydrogens (tertiary/aromatic N) is 2. The lowest BCUT2D eigenvalue weighted by Gasteiger charge is -2.22. The number of thiophene rings is 1. The molecular weight excluding hydrogens is 342 g/mol. The number of hydrogen-bond donors (Lipinski definition) is 1. The van der Waals surface area contributed by atoms with E-state index in [1.807, 2.05) is 17.0 Å². The fourth-order valence-corrected chi connectivity index (χ4v) is 4.53. The van der Waals surface area contributed by atoms with Gasteiger partial charge in [0, 0.05) is 48.7 Å². The first kappa shape index (κ1) is 17.3. The number of aromatic amines is 1. The van der Waals surface area contributed by atoms with Crippen molar-refractivity contribution in [3.63, 3.8) is 0 Å². The second-order valence-electron chi connectivity index (χ2n) is 7.10. The zero-order valence-corrected chi connectivity index (χ0v) is 16.2. The number of carbonyl (C=O) groups is 1. The van der Waals surface area contributed by atoms with Crippen molar-refractivity contribution in [1.29, 1.82) is 0 Å². The van der Waals surface area contributed by atoms with Crippen molar-refractivity contribution in [2.75, 3.05) is 26.2 Å². The van der Waals surface area contributed by atoms with Crippen molar-refractivity contribution in [1.82, 2.24) is 14.8 Å². The summed E-state index contributed by atoms with van der Waals surface area (Å²) in [6, 6.07) is 10.3. The van der Waals surface area contributed by atoms with Crippen LogP contribution in [0.5, 0.6) is 0 Å². The lowest BCUT2D eigenvalue weighted by Crippen LogP contribution is -2.35. The van der Waals surface area contributed by atoms with E-state index in [9.17, 15) is 4.79 Å². The molecule has 1 aliphatic heterocycles. The molecule has 0 unspecified atom stereocenters. The maximum absolute atomic E-state index is 13.2. The Morgan fingerprint density at radius 3 is 2.81 bits per heavy atom. The number of fused-ring (bicyclic) bond motifs is 1. The number of aromatic nitrogens is 1. The molecule has 0 aliphatic carbocycles. The molecule has 26 heavy (non-hydrogen) atoms. The topological polar surface area (TPSA) is 39.3 Å². The summed E-state index contributed by atoms with van der Waals surface area (Å²) in [7, 11) is 0. The lowest BCUT2D eigenvalue weighted by molar-refractivity contribution is 0.0763. The summed E-state index contributed by atoms with van der Waals surface area (Å²) in [6.07, 6.45) is 1.02. The summed E-state index contributed by atoms with van der Waals surface area (Å²) in [6.45, 7) is 8.77. The molecule has 1 fully saturated rings. The van der Waals surface area contributed by atoms with Crippen molar-refractivity contribution in [2.24, 2.45) is 0 Å². The van der Waals surface area contributed by atoms with E-state index < -0.39 is 0 Å². The highest BCUT2D eigenvalue weighted by Gasteiger charge is 2.23. The normalized spacial score (nSPS) is 16.2. The summed E-state index contributed by atoms with van der Waals surface area (Å²) in [5.74, 6) is 0.148. The van der Waals surface area contributed by atoms with Gasteiger partial charge >= 0.3 is 0 Å². The molecule has 4 rings (SSSR count). The van der Waals surface area contributed by atoms with E-state index in [0.29, 0.717) is 0 Å². The number of para-hydroxylation sites is 1. The van der Waals surface area contributed by atoms with Gasteiger partial charge in [0.15, 0.2) is 0 Å². The first-order chi connectivity index (χ1) is 12.6. The predicted molar refractivity (Wildman–Crippen MR) is 108 cm³/mol. The van der Waals surface area contributed by atoms with Gasteiger partial charge < -0.3 is 9.88 Å². The van der Waals surface area contributed by atoms with Crippen LogP contribution in [-0.2, 0) is 6.54 Å². The van der Waals surface area contributed by atoms with E-state index in [0.717, 1.165) is 61.3 Å². The van der Waals surface area contributed by atoms with Crippen molar-refractivity contribution in [2.45, 2.75) is 26.8 Å². The second-order valence-corrected chi connectivity index (χ2v) is 8.14. The van der Waals surface area contributed by atoms with Crippen LogP contribution in [0, 0.1) is 13.8 Å².